The number of benzene rings is 2. The van der Waals surface area contributed by atoms with Gasteiger partial charge >= 0.3 is 0 Å². The molecule has 0 amide bonds. The van der Waals surface area contributed by atoms with Gasteiger partial charge in [0.15, 0.2) is 0 Å². The zero-order valence-corrected chi connectivity index (χ0v) is 17.7. The molecule has 4 rings (SSSR count). The van der Waals surface area contributed by atoms with Gasteiger partial charge in [0.25, 0.3) is 0 Å². The lowest BCUT2D eigenvalue weighted by Crippen LogP contribution is -2.15. The Balaban J connectivity index is 1.85. The lowest BCUT2D eigenvalue weighted by Gasteiger charge is -2.16. The topological polar surface area (TPSA) is 46.9 Å². The fourth-order valence-corrected chi connectivity index (χ4v) is 3.72. The first-order chi connectivity index (χ1) is 14.7. The Bertz CT molecular complexity index is 1200. The van der Waals surface area contributed by atoms with Crippen molar-refractivity contribution in [1.82, 2.24) is 9.55 Å². The molecule has 2 heterocycles. The Morgan fingerprint density at radius 1 is 1.03 bits per heavy atom. The molecular weight excluding hydrogens is 394 g/mol. The first kappa shape index (κ1) is 20.2. The van der Waals surface area contributed by atoms with Crippen molar-refractivity contribution in [3.8, 4) is 11.1 Å². The summed E-state index contributed by atoms with van der Waals surface area (Å²) >= 11 is 6.06. The minimum Gasteiger partial charge on any atom is -0.365 e. The van der Waals surface area contributed by atoms with E-state index in [4.69, 9.17) is 11.6 Å². The fourth-order valence-electron chi connectivity index (χ4n) is 3.60. The molecule has 0 unspecified atom stereocenters. The molecule has 30 heavy (non-hydrogen) atoms. The molecule has 2 aromatic carbocycles. The van der Waals surface area contributed by atoms with Gasteiger partial charge in [-0.3, -0.25) is 4.79 Å². The molecule has 0 saturated heterocycles. The maximum absolute atomic E-state index is 13.5. The maximum Gasteiger partial charge on any atom is 0.200 e. The fraction of sp³-hybridized carbons (Fsp3) is 0.200. The third-order valence-electron chi connectivity index (χ3n) is 5.21. The van der Waals surface area contributed by atoms with Crippen molar-refractivity contribution >= 4 is 28.3 Å². The highest BCUT2D eigenvalue weighted by molar-refractivity contribution is 6.30. The molecule has 0 spiro atoms. The summed E-state index contributed by atoms with van der Waals surface area (Å²) in [4.78, 5) is 18.1. The number of halogens is 1. The summed E-state index contributed by atoms with van der Waals surface area (Å²) in [5.41, 5.74) is 3.53. The molecule has 0 saturated carbocycles. The number of pyridine rings is 2. The highest BCUT2D eigenvalue weighted by Gasteiger charge is 2.15. The second-order valence-corrected chi connectivity index (χ2v) is 7.76. The molecule has 4 aromatic rings. The largest absolute Gasteiger partial charge is 0.365 e. The van der Waals surface area contributed by atoms with E-state index in [0.717, 1.165) is 36.0 Å². The smallest absolute Gasteiger partial charge is 0.200 e. The highest BCUT2D eigenvalue weighted by Crippen LogP contribution is 2.25. The van der Waals surface area contributed by atoms with E-state index in [0.29, 0.717) is 28.3 Å². The predicted molar refractivity (Wildman–Crippen MR) is 125 cm³/mol. The van der Waals surface area contributed by atoms with Crippen molar-refractivity contribution in [2.24, 2.45) is 0 Å². The third-order valence-corrected chi connectivity index (χ3v) is 5.46. The van der Waals surface area contributed by atoms with Gasteiger partial charge in [0, 0.05) is 36.1 Å². The molecule has 1 N–H and O–H groups in total. The average molecular weight is 418 g/mol. The predicted octanol–water partition coefficient (Wildman–Crippen LogP) is 6.13. The Labute approximate surface area is 181 Å². The van der Waals surface area contributed by atoms with Gasteiger partial charge < -0.3 is 9.88 Å². The number of hydrogen-bond acceptors (Lipinski definition) is 3. The van der Waals surface area contributed by atoms with Crippen LogP contribution in [0.25, 0.3) is 22.0 Å². The van der Waals surface area contributed by atoms with E-state index >= 15 is 0 Å². The van der Waals surface area contributed by atoms with Gasteiger partial charge in [-0.15, -0.1) is 0 Å². The molecule has 5 heteroatoms. The van der Waals surface area contributed by atoms with Gasteiger partial charge in [-0.1, -0.05) is 67.4 Å². The highest BCUT2D eigenvalue weighted by atomic mass is 35.5. The zero-order chi connectivity index (χ0) is 20.9. The molecule has 0 aliphatic rings. The average Bonchev–Trinajstić information content (AvgIpc) is 2.78. The molecule has 0 fully saturated rings. The number of nitrogens with one attached hydrogen (secondary N) is 1. The van der Waals surface area contributed by atoms with Crippen LogP contribution in [0.1, 0.15) is 25.3 Å². The van der Waals surface area contributed by atoms with Crippen molar-refractivity contribution in [1.29, 1.82) is 0 Å². The first-order valence-corrected chi connectivity index (χ1v) is 10.6. The number of rotatable bonds is 7. The molecule has 0 radical (unpaired) electrons. The maximum atomic E-state index is 13.5. The normalized spacial score (nSPS) is 11.0. The number of anilines is 1. The van der Waals surface area contributed by atoms with E-state index in [1.54, 1.807) is 6.20 Å². The number of unbranched alkanes of at least 4 members (excludes halogenated alkanes) is 1. The van der Waals surface area contributed by atoms with Gasteiger partial charge in [-0.05, 0) is 35.7 Å². The summed E-state index contributed by atoms with van der Waals surface area (Å²) in [6, 6.07) is 19.4. The number of fused-ring (bicyclic) bond motifs is 1. The SMILES string of the molecule is CCCCn1cc(-c2ccc(Cl)cc2)c(=O)c2c(NCc3ccccc3)nccc21. The van der Waals surface area contributed by atoms with Crippen LogP contribution in [0.5, 0.6) is 0 Å². The van der Waals surface area contributed by atoms with Crippen molar-refractivity contribution < 1.29 is 0 Å². The molecule has 152 valence electrons. The number of aryl methyl sites for hydroxylation is 1. The van der Waals surface area contributed by atoms with Gasteiger partial charge in [0.05, 0.1) is 10.9 Å². The second kappa shape index (κ2) is 9.14. The lowest BCUT2D eigenvalue weighted by atomic mass is 10.0. The van der Waals surface area contributed by atoms with Crippen molar-refractivity contribution in [3.63, 3.8) is 0 Å². The Morgan fingerprint density at radius 3 is 2.53 bits per heavy atom. The Hall–Kier alpha value is -3.11. The summed E-state index contributed by atoms with van der Waals surface area (Å²) in [5.74, 6) is 0.613. The quantitative estimate of drug-likeness (QED) is 0.393. The van der Waals surface area contributed by atoms with Crippen molar-refractivity contribution in [3.05, 3.63) is 93.9 Å². The van der Waals surface area contributed by atoms with E-state index in [9.17, 15) is 4.79 Å². The molecule has 0 aliphatic heterocycles. The van der Waals surface area contributed by atoms with E-state index < -0.39 is 0 Å². The van der Waals surface area contributed by atoms with E-state index in [2.05, 4.69) is 33.9 Å². The van der Waals surface area contributed by atoms with Crippen LogP contribution in [0.2, 0.25) is 5.02 Å². The van der Waals surface area contributed by atoms with Crippen LogP contribution in [0.15, 0.2) is 77.9 Å². The third kappa shape index (κ3) is 4.24. The summed E-state index contributed by atoms with van der Waals surface area (Å²) in [7, 11) is 0. The minimum absolute atomic E-state index is 0.0243. The Morgan fingerprint density at radius 2 is 1.80 bits per heavy atom. The summed E-state index contributed by atoms with van der Waals surface area (Å²) < 4.78 is 2.17. The van der Waals surface area contributed by atoms with Crippen LogP contribution in [-0.4, -0.2) is 9.55 Å². The number of aromatic nitrogens is 2. The number of hydrogen-bond donors (Lipinski definition) is 1. The van der Waals surface area contributed by atoms with Crippen LogP contribution in [0.4, 0.5) is 5.82 Å². The monoisotopic (exact) mass is 417 g/mol. The van der Waals surface area contributed by atoms with Crippen LogP contribution >= 0.6 is 11.6 Å². The van der Waals surface area contributed by atoms with Gasteiger partial charge in [0.2, 0.25) is 5.43 Å². The summed E-state index contributed by atoms with van der Waals surface area (Å²) in [5, 5.41) is 4.64. The minimum atomic E-state index is -0.0243. The van der Waals surface area contributed by atoms with Crippen molar-refractivity contribution in [2.75, 3.05) is 5.32 Å². The van der Waals surface area contributed by atoms with Crippen LogP contribution < -0.4 is 10.7 Å². The number of nitrogens with zero attached hydrogens (tertiary/aromatic N) is 2. The van der Waals surface area contributed by atoms with Crippen molar-refractivity contribution in [2.45, 2.75) is 32.9 Å². The van der Waals surface area contributed by atoms with Crippen LogP contribution in [0, 0.1) is 0 Å². The lowest BCUT2D eigenvalue weighted by molar-refractivity contribution is 0.646. The first-order valence-electron chi connectivity index (χ1n) is 10.2. The molecule has 0 atom stereocenters. The molecule has 0 bridgehead atoms. The van der Waals surface area contributed by atoms with Crippen LogP contribution in [-0.2, 0) is 13.1 Å². The second-order valence-electron chi connectivity index (χ2n) is 7.32. The molecule has 0 aliphatic carbocycles. The van der Waals surface area contributed by atoms with E-state index in [-0.39, 0.29) is 5.43 Å². The molecule has 4 nitrogen and oxygen atoms in total. The zero-order valence-electron chi connectivity index (χ0n) is 16.9. The van der Waals surface area contributed by atoms with E-state index in [1.165, 1.54) is 0 Å². The van der Waals surface area contributed by atoms with Crippen LogP contribution in [0.3, 0.4) is 0 Å². The van der Waals surface area contributed by atoms with Gasteiger partial charge in [-0.2, -0.15) is 0 Å². The van der Waals surface area contributed by atoms with E-state index in [1.807, 2.05) is 54.7 Å². The standard InChI is InChI=1S/C25H24ClN3O/c1-2-3-15-29-17-21(19-9-11-20(26)12-10-19)24(30)23-22(29)13-14-27-25(23)28-16-18-7-5-4-6-8-18/h4-14,17H,2-3,15-16H2,1H3,(H,27,28). The van der Waals surface area contributed by atoms with Gasteiger partial charge in [-0.25, -0.2) is 4.98 Å². The molecular formula is C25H24ClN3O. The summed E-state index contributed by atoms with van der Waals surface area (Å²) in [6.45, 7) is 3.61. The molecule has 2 aromatic heterocycles. The Kier molecular flexibility index (Phi) is 6.15. The summed E-state index contributed by atoms with van der Waals surface area (Å²) in [6.07, 6.45) is 5.84. The van der Waals surface area contributed by atoms with Gasteiger partial charge in [0.1, 0.15) is 5.82 Å².